The van der Waals surface area contributed by atoms with Crippen molar-refractivity contribution in [1.29, 1.82) is 0 Å². The van der Waals surface area contributed by atoms with E-state index < -0.39 is 0 Å². The van der Waals surface area contributed by atoms with Crippen LogP contribution in [0.25, 0.3) is 11.3 Å². The standard InChI is InChI=1S/C21H21FN4O/c22-17-7-3-12-23-20(17)21(10-4-11-21)14-24-19-9-8-18(25-26-19)16-6-2-1-5-15(16)13-27/h1-3,5-9,12,27H,4,10-11,13-14H2,(H,24,26). The van der Waals surface area contributed by atoms with Gasteiger partial charge in [-0.2, -0.15) is 0 Å². The van der Waals surface area contributed by atoms with E-state index in [4.69, 9.17) is 0 Å². The van der Waals surface area contributed by atoms with Crippen molar-refractivity contribution in [2.24, 2.45) is 0 Å². The first kappa shape index (κ1) is 17.5. The van der Waals surface area contributed by atoms with Crippen LogP contribution in [0.5, 0.6) is 0 Å². The molecule has 6 heteroatoms. The third-order valence-electron chi connectivity index (χ3n) is 5.31. The zero-order valence-electron chi connectivity index (χ0n) is 14.9. The van der Waals surface area contributed by atoms with Gasteiger partial charge in [0.2, 0.25) is 0 Å². The predicted octanol–water partition coefficient (Wildman–Crippen LogP) is 3.70. The summed E-state index contributed by atoms with van der Waals surface area (Å²) >= 11 is 0. The second-order valence-corrected chi connectivity index (χ2v) is 6.94. The van der Waals surface area contributed by atoms with Crippen LogP contribution in [-0.2, 0) is 12.0 Å². The van der Waals surface area contributed by atoms with E-state index in [1.54, 1.807) is 12.3 Å². The number of nitrogens with one attached hydrogen (secondary N) is 1. The van der Waals surface area contributed by atoms with Gasteiger partial charge in [-0.05, 0) is 42.7 Å². The lowest BCUT2D eigenvalue weighted by molar-refractivity contribution is 0.243. The Kier molecular flexibility index (Phi) is 4.81. The summed E-state index contributed by atoms with van der Waals surface area (Å²) < 4.78 is 14.2. The maximum atomic E-state index is 14.2. The molecule has 1 fully saturated rings. The van der Waals surface area contributed by atoms with Crippen molar-refractivity contribution in [2.75, 3.05) is 11.9 Å². The van der Waals surface area contributed by atoms with E-state index in [0.29, 0.717) is 23.8 Å². The van der Waals surface area contributed by atoms with E-state index in [0.717, 1.165) is 30.4 Å². The van der Waals surface area contributed by atoms with E-state index in [2.05, 4.69) is 20.5 Å². The molecule has 27 heavy (non-hydrogen) atoms. The Balaban J connectivity index is 1.50. The maximum Gasteiger partial charge on any atom is 0.148 e. The molecule has 0 aliphatic heterocycles. The Morgan fingerprint density at radius 1 is 1.04 bits per heavy atom. The molecule has 0 amide bonds. The molecule has 0 atom stereocenters. The highest BCUT2D eigenvalue weighted by atomic mass is 19.1. The van der Waals surface area contributed by atoms with Gasteiger partial charge in [-0.1, -0.05) is 30.7 Å². The number of aliphatic hydroxyl groups excluding tert-OH is 1. The molecule has 0 spiro atoms. The average Bonchev–Trinajstić information content (AvgIpc) is 2.69. The number of anilines is 1. The Morgan fingerprint density at radius 2 is 1.89 bits per heavy atom. The Morgan fingerprint density at radius 3 is 2.56 bits per heavy atom. The summed E-state index contributed by atoms with van der Waals surface area (Å²) in [6.07, 6.45) is 4.53. The third-order valence-corrected chi connectivity index (χ3v) is 5.31. The minimum Gasteiger partial charge on any atom is -0.392 e. The smallest absolute Gasteiger partial charge is 0.148 e. The lowest BCUT2D eigenvalue weighted by Gasteiger charge is -2.41. The molecule has 138 valence electrons. The molecule has 5 nitrogen and oxygen atoms in total. The maximum absolute atomic E-state index is 14.2. The first-order valence-corrected chi connectivity index (χ1v) is 9.10. The second-order valence-electron chi connectivity index (χ2n) is 6.94. The van der Waals surface area contributed by atoms with E-state index in [1.165, 1.54) is 6.07 Å². The molecule has 2 aromatic heterocycles. The minimum absolute atomic E-state index is 0.0456. The molecule has 0 bridgehead atoms. The summed E-state index contributed by atoms with van der Waals surface area (Å²) in [5.41, 5.74) is 2.64. The molecule has 3 aromatic rings. The summed E-state index contributed by atoms with van der Waals surface area (Å²) in [5, 5.41) is 21.3. The quantitative estimate of drug-likeness (QED) is 0.698. The van der Waals surface area contributed by atoms with E-state index in [-0.39, 0.29) is 17.8 Å². The fourth-order valence-electron chi connectivity index (χ4n) is 3.61. The highest BCUT2D eigenvalue weighted by Gasteiger charge is 2.41. The topological polar surface area (TPSA) is 70.9 Å². The van der Waals surface area contributed by atoms with Crippen molar-refractivity contribution in [1.82, 2.24) is 15.2 Å². The lowest BCUT2D eigenvalue weighted by atomic mass is 9.66. The number of aliphatic hydroxyl groups is 1. The van der Waals surface area contributed by atoms with Crippen LogP contribution in [-0.4, -0.2) is 26.8 Å². The molecular weight excluding hydrogens is 343 g/mol. The normalized spacial score (nSPS) is 15.2. The fourth-order valence-corrected chi connectivity index (χ4v) is 3.61. The monoisotopic (exact) mass is 364 g/mol. The van der Waals surface area contributed by atoms with Gasteiger partial charge >= 0.3 is 0 Å². The van der Waals surface area contributed by atoms with Crippen LogP contribution in [0.3, 0.4) is 0 Å². The molecule has 1 aliphatic rings. The molecule has 4 rings (SSSR count). The van der Waals surface area contributed by atoms with Crippen LogP contribution in [0.2, 0.25) is 0 Å². The van der Waals surface area contributed by atoms with Crippen molar-refractivity contribution in [2.45, 2.75) is 31.3 Å². The number of hydrogen-bond donors (Lipinski definition) is 2. The predicted molar refractivity (Wildman–Crippen MR) is 102 cm³/mol. The van der Waals surface area contributed by atoms with Crippen LogP contribution in [0.15, 0.2) is 54.7 Å². The van der Waals surface area contributed by atoms with Gasteiger partial charge in [-0.15, -0.1) is 10.2 Å². The van der Waals surface area contributed by atoms with Crippen molar-refractivity contribution < 1.29 is 9.50 Å². The van der Waals surface area contributed by atoms with Gasteiger partial charge in [0.1, 0.15) is 11.6 Å². The number of rotatable bonds is 6. The van der Waals surface area contributed by atoms with Crippen LogP contribution in [0, 0.1) is 5.82 Å². The number of benzene rings is 1. The average molecular weight is 364 g/mol. The minimum atomic E-state index is -0.283. The number of aromatic nitrogens is 3. The molecule has 0 radical (unpaired) electrons. The van der Waals surface area contributed by atoms with Gasteiger partial charge < -0.3 is 10.4 Å². The van der Waals surface area contributed by atoms with Gasteiger partial charge in [-0.25, -0.2) is 4.39 Å². The van der Waals surface area contributed by atoms with Crippen molar-refractivity contribution in [3.8, 4) is 11.3 Å². The van der Waals surface area contributed by atoms with Crippen molar-refractivity contribution in [3.05, 3.63) is 71.8 Å². The molecule has 1 aromatic carbocycles. The van der Waals surface area contributed by atoms with Gasteiger partial charge in [-0.3, -0.25) is 4.98 Å². The SMILES string of the molecule is OCc1ccccc1-c1ccc(NCC2(c3ncccc3F)CCC2)nn1. The van der Waals surface area contributed by atoms with Crippen LogP contribution >= 0.6 is 0 Å². The van der Waals surface area contributed by atoms with Crippen LogP contribution in [0.4, 0.5) is 10.2 Å². The molecule has 0 saturated heterocycles. The summed E-state index contributed by atoms with van der Waals surface area (Å²) in [6, 6.07) is 14.4. The lowest BCUT2D eigenvalue weighted by Crippen LogP contribution is -2.42. The Bertz CT molecular complexity index is 925. The molecule has 2 heterocycles. The van der Waals surface area contributed by atoms with Gasteiger partial charge in [0.15, 0.2) is 0 Å². The number of pyridine rings is 1. The van der Waals surface area contributed by atoms with E-state index in [9.17, 15) is 9.50 Å². The molecular formula is C21H21FN4O. The third kappa shape index (κ3) is 3.40. The second kappa shape index (κ2) is 7.40. The Hall–Kier alpha value is -2.86. The zero-order chi connectivity index (χ0) is 18.7. The van der Waals surface area contributed by atoms with Gasteiger partial charge in [0, 0.05) is 23.7 Å². The largest absolute Gasteiger partial charge is 0.392 e. The van der Waals surface area contributed by atoms with Crippen LogP contribution in [0.1, 0.15) is 30.5 Å². The van der Waals surface area contributed by atoms with Gasteiger partial charge in [0.05, 0.1) is 18.0 Å². The molecule has 1 saturated carbocycles. The van der Waals surface area contributed by atoms with E-state index in [1.807, 2.05) is 36.4 Å². The molecule has 2 N–H and O–H groups in total. The molecule has 0 unspecified atom stereocenters. The molecule has 1 aliphatic carbocycles. The summed E-state index contributed by atoms with van der Waals surface area (Å²) in [5.74, 6) is 0.392. The first-order valence-electron chi connectivity index (χ1n) is 9.10. The number of hydrogen-bond acceptors (Lipinski definition) is 5. The zero-order valence-corrected chi connectivity index (χ0v) is 14.9. The number of nitrogens with zero attached hydrogens (tertiary/aromatic N) is 3. The van der Waals surface area contributed by atoms with Crippen LogP contribution < -0.4 is 5.32 Å². The summed E-state index contributed by atoms with van der Waals surface area (Å²) in [7, 11) is 0. The number of halogens is 1. The van der Waals surface area contributed by atoms with E-state index >= 15 is 0 Å². The summed E-state index contributed by atoms with van der Waals surface area (Å²) in [6.45, 7) is 0.526. The highest BCUT2D eigenvalue weighted by Crippen LogP contribution is 2.43. The first-order chi connectivity index (χ1) is 13.2. The highest BCUT2D eigenvalue weighted by molar-refractivity contribution is 5.63. The summed E-state index contributed by atoms with van der Waals surface area (Å²) in [4.78, 5) is 4.28. The van der Waals surface area contributed by atoms with Crippen molar-refractivity contribution >= 4 is 5.82 Å². The van der Waals surface area contributed by atoms with Gasteiger partial charge in [0.25, 0.3) is 0 Å². The fraction of sp³-hybridized carbons (Fsp3) is 0.286. The Labute approximate surface area is 157 Å². The van der Waals surface area contributed by atoms with Crippen molar-refractivity contribution in [3.63, 3.8) is 0 Å².